The average Bonchev–Trinajstić information content (AvgIpc) is 3.31. The molecule has 2 aromatic heterocycles. The van der Waals surface area contributed by atoms with Gasteiger partial charge in [0.2, 0.25) is 0 Å². The molecule has 1 unspecified atom stereocenters. The summed E-state index contributed by atoms with van der Waals surface area (Å²) in [6, 6.07) is 14.2. The summed E-state index contributed by atoms with van der Waals surface area (Å²) in [4.78, 5) is 24.1. The third-order valence-corrected chi connectivity index (χ3v) is 3.79. The number of nitrogens with one attached hydrogen (secondary N) is 1. The highest BCUT2D eigenvalue weighted by Gasteiger charge is 2.21. The number of hydrogen-bond acceptors (Lipinski definition) is 5. The van der Waals surface area contributed by atoms with Crippen molar-refractivity contribution in [3.63, 3.8) is 0 Å². The molecule has 0 fully saturated rings. The Kier molecular flexibility index (Phi) is 5.17. The summed E-state index contributed by atoms with van der Waals surface area (Å²) < 4.78 is 11.6. The number of nitrogens with zero attached hydrogens (tertiary/aromatic N) is 2. The van der Waals surface area contributed by atoms with Crippen LogP contribution in [0.1, 0.15) is 23.8 Å². The molecule has 26 heavy (non-hydrogen) atoms. The van der Waals surface area contributed by atoms with E-state index in [0.717, 1.165) is 5.69 Å². The minimum Gasteiger partial charge on any atom is -0.469 e. The molecule has 0 aliphatic rings. The summed E-state index contributed by atoms with van der Waals surface area (Å²) in [5.41, 5.74) is 1.64. The molecule has 0 bridgehead atoms. The molecule has 3 aromatic rings. The van der Waals surface area contributed by atoms with E-state index >= 15 is 0 Å². The lowest BCUT2D eigenvalue weighted by Gasteiger charge is -2.13. The van der Waals surface area contributed by atoms with E-state index in [0.29, 0.717) is 17.1 Å². The van der Waals surface area contributed by atoms with Crippen molar-refractivity contribution >= 4 is 11.9 Å². The number of methoxy groups -OCH3 is 1. The summed E-state index contributed by atoms with van der Waals surface area (Å²) >= 11 is 0. The molecule has 1 amide bonds. The number of carbonyl (C=O) groups is 2. The minimum absolute atomic E-state index is 0.0900. The fourth-order valence-electron chi connectivity index (χ4n) is 2.54. The van der Waals surface area contributed by atoms with Crippen molar-refractivity contribution < 1.29 is 18.7 Å². The zero-order chi connectivity index (χ0) is 18.5. The molecule has 7 nitrogen and oxygen atoms in total. The average molecular weight is 353 g/mol. The lowest BCUT2D eigenvalue weighted by atomic mass is 10.2. The quantitative estimate of drug-likeness (QED) is 0.689. The first-order valence-electron chi connectivity index (χ1n) is 8.15. The predicted octanol–water partition coefficient (Wildman–Crippen LogP) is 2.81. The van der Waals surface area contributed by atoms with Gasteiger partial charge in [-0.2, -0.15) is 5.10 Å². The first-order chi connectivity index (χ1) is 12.6. The van der Waals surface area contributed by atoms with E-state index in [-0.39, 0.29) is 24.3 Å². The number of furan rings is 1. The maximum absolute atomic E-state index is 12.7. The summed E-state index contributed by atoms with van der Waals surface area (Å²) in [6.45, 7) is 1.74. The van der Waals surface area contributed by atoms with Gasteiger partial charge in [-0.1, -0.05) is 18.2 Å². The lowest BCUT2D eigenvalue weighted by molar-refractivity contribution is -0.141. The van der Waals surface area contributed by atoms with Crippen LogP contribution in [-0.4, -0.2) is 34.8 Å². The van der Waals surface area contributed by atoms with Crippen molar-refractivity contribution in [3.8, 4) is 17.1 Å². The SMILES string of the molecule is COC(=O)CC(C)NC(=O)c1cc(-c2ccco2)nn1-c1ccccc1. The first kappa shape index (κ1) is 17.5. The van der Waals surface area contributed by atoms with Crippen LogP contribution < -0.4 is 5.32 Å². The van der Waals surface area contributed by atoms with E-state index in [1.54, 1.807) is 36.1 Å². The Morgan fingerprint density at radius 1 is 1.23 bits per heavy atom. The number of ether oxygens (including phenoxy) is 1. The van der Waals surface area contributed by atoms with Crippen LogP contribution in [0.25, 0.3) is 17.1 Å². The highest BCUT2D eigenvalue weighted by molar-refractivity contribution is 5.94. The number of benzene rings is 1. The van der Waals surface area contributed by atoms with E-state index in [4.69, 9.17) is 4.42 Å². The Morgan fingerprint density at radius 3 is 2.65 bits per heavy atom. The molecular weight excluding hydrogens is 334 g/mol. The molecule has 0 radical (unpaired) electrons. The summed E-state index contributed by atoms with van der Waals surface area (Å²) in [6.07, 6.45) is 1.64. The van der Waals surface area contributed by atoms with E-state index in [1.807, 2.05) is 30.3 Å². The van der Waals surface area contributed by atoms with Crippen LogP contribution in [0.5, 0.6) is 0 Å². The number of amides is 1. The maximum atomic E-state index is 12.7. The van der Waals surface area contributed by atoms with E-state index in [9.17, 15) is 9.59 Å². The number of rotatable bonds is 6. The number of aromatic nitrogens is 2. The number of esters is 1. The Bertz CT molecular complexity index is 885. The van der Waals surface area contributed by atoms with E-state index in [1.165, 1.54) is 7.11 Å². The van der Waals surface area contributed by atoms with Gasteiger partial charge in [-0.05, 0) is 31.2 Å². The zero-order valence-electron chi connectivity index (χ0n) is 14.5. The van der Waals surface area contributed by atoms with E-state index < -0.39 is 0 Å². The molecule has 1 N–H and O–H groups in total. The van der Waals surface area contributed by atoms with Crippen molar-refractivity contribution in [2.75, 3.05) is 7.11 Å². The number of hydrogen-bond donors (Lipinski definition) is 1. The molecule has 1 aromatic carbocycles. The van der Waals surface area contributed by atoms with Crippen LogP contribution in [0.15, 0.2) is 59.2 Å². The van der Waals surface area contributed by atoms with Gasteiger partial charge in [0.25, 0.3) is 5.91 Å². The highest BCUT2D eigenvalue weighted by Crippen LogP contribution is 2.22. The van der Waals surface area contributed by atoms with Crippen LogP contribution in [0.4, 0.5) is 0 Å². The van der Waals surface area contributed by atoms with Crippen LogP contribution in [-0.2, 0) is 9.53 Å². The molecule has 134 valence electrons. The van der Waals surface area contributed by atoms with Gasteiger partial charge in [0.15, 0.2) is 5.76 Å². The summed E-state index contributed by atoms with van der Waals surface area (Å²) in [5, 5.41) is 7.30. The summed E-state index contributed by atoms with van der Waals surface area (Å²) in [7, 11) is 1.32. The van der Waals surface area contributed by atoms with Crippen molar-refractivity contribution in [2.24, 2.45) is 0 Å². The van der Waals surface area contributed by atoms with Crippen LogP contribution >= 0.6 is 0 Å². The summed E-state index contributed by atoms with van der Waals surface area (Å²) in [5.74, 6) is -0.155. The predicted molar refractivity (Wildman–Crippen MR) is 94.8 cm³/mol. The van der Waals surface area contributed by atoms with Gasteiger partial charge in [-0.3, -0.25) is 9.59 Å². The number of carbonyl (C=O) groups excluding carboxylic acids is 2. The maximum Gasteiger partial charge on any atom is 0.307 e. The second kappa shape index (κ2) is 7.69. The fraction of sp³-hybridized carbons (Fsp3) is 0.211. The van der Waals surface area contributed by atoms with Gasteiger partial charge >= 0.3 is 5.97 Å². The van der Waals surface area contributed by atoms with E-state index in [2.05, 4.69) is 15.2 Å². The third kappa shape index (κ3) is 3.83. The minimum atomic E-state index is -0.384. The van der Waals surface area contributed by atoms with Gasteiger partial charge < -0.3 is 14.5 Å². The Labute approximate surface area is 150 Å². The molecule has 0 spiro atoms. The topological polar surface area (TPSA) is 86.4 Å². The first-order valence-corrected chi connectivity index (χ1v) is 8.15. The molecule has 0 saturated carbocycles. The van der Waals surface area contributed by atoms with Gasteiger partial charge in [0, 0.05) is 12.1 Å². The van der Waals surface area contributed by atoms with Crippen molar-refractivity contribution in [3.05, 3.63) is 60.5 Å². The van der Waals surface area contributed by atoms with Crippen molar-refractivity contribution in [1.82, 2.24) is 15.1 Å². The van der Waals surface area contributed by atoms with Gasteiger partial charge in [0.05, 0.1) is 25.5 Å². The van der Waals surface area contributed by atoms with Crippen molar-refractivity contribution in [1.29, 1.82) is 0 Å². The Hall–Kier alpha value is -3.35. The Balaban J connectivity index is 1.92. The molecular formula is C19H19N3O4. The van der Waals surface area contributed by atoms with Gasteiger partial charge in [-0.15, -0.1) is 0 Å². The fourth-order valence-corrected chi connectivity index (χ4v) is 2.54. The van der Waals surface area contributed by atoms with Crippen LogP contribution in [0, 0.1) is 0 Å². The van der Waals surface area contributed by atoms with Gasteiger partial charge in [-0.25, -0.2) is 4.68 Å². The molecule has 0 aliphatic heterocycles. The molecule has 0 aliphatic carbocycles. The molecule has 1 atom stereocenters. The standard InChI is InChI=1S/C19H19N3O4/c1-13(11-18(23)25-2)20-19(24)16-12-15(17-9-6-10-26-17)21-22(16)14-7-4-3-5-8-14/h3-10,12-13H,11H2,1-2H3,(H,20,24). The Morgan fingerprint density at radius 2 is 2.00 bits per heavy atom. The second-order valence-electron chi connectivity index (χ2n) is 5.79. The smallest absolute Gasteiger partial charge is 0.307 e. The zero-order valence-corrected chi connectivity index (χ0v) is 14.5. The largest absolute Gasteiger partial charge is 0.469 e. The molecule has 2 heterocycles. The van der Waals surface area contributed by atoms with Crippen LogP contribution in [0.2, 0.25) is 0 Å². The highest BCUT2D eigenvalue weighted by atomic mass is 16.5. The second-order valence-corrected chi connectivity index (χ2v) is 5.79. The normalized spacial score (nSPS) is 11.8. The molecule has 3 rings (SSSR count). The van der Waals surface area contributed by atoms with Crippen molar-refractivity contribution in [2.45, 2.75) is 19.4 Å². The molecule has 7 heteroatoms. The van der Waals surface area contributed by atoms with Gasteiger partial charge in [0.1, 0.15) is 11.4 Å². The molecule has 0 saturated heterocycles. The third-order valence-electron chi connectivity index (χ3n) is 3.79. The number of para-hydroxylation sites is 1. The monoisotopic (exact) mass is 353 g/mol. The van der Waals surface area contributed by atoms with Crippen LogP contribution in [0.3, 0.4) is 0 Å². The lowest BCUT2D eigenvalue weighted by Crippen LogP contribution is -2.35.